The molecule has 0 aromatic heterocycles. The molecule has 0 radical (unpaired) electrons. The van der Waals surface area contributed by atoms with E-state index in [0.717, 1.165) is 57.9 Å². The van der Waals surface area contributed by atoms with Gasteiger partial charge >= 0.3 is 0 Å². The lowest BCUT2D eigenvalue weighted by Crippen LogP contribution is -2.32. The fourth-order valence-electron chi connectivity index (χ4n) is 5.35. The van der Waals surface area contributed by atoms with E-state index in [1.54, 1.807) is 14.2 Å². The summed E-state index contributed by atoms with van der Waals surface area (Å²) in [5.74, 6) is 1.61. The van der Waals surface area contributed by atoms with Crippen LogP contribution in [0.2, 0.25) is 0 Å². The molecule has 0 amide bonds. The first-order valence-electron chi connectivity index (χ1n) is 15.0. The highest BCUT2D eigenvalue weighted by Crippen LogP contribution is 2.42. The van der Waals surface area contributed by atoms with E-state index >= 15 is 0 Å². The number of halogens is 1. The molecular weight excluding hydrogens is 586 g/mol. The van der Waals surface area contributed by atoms with Crippen molar-refractivity contribution in [2.45, 2.75) is 58.3 Å². The van der Waals surface area contributed by atoms with Crippen LogP contribution in [0.1, 0.15) is 67.3 Å². The largest absolute Gasteiger partial charge is 0.497 e. The summed E-state index contributed by atoms with van der Waals surface area (Å²) in [4.78, 5) is 2.58. The van der Waals surface area contributed by atoms with Crippen molar-refractivity contribution in [2.24, 2.45) is 0 Å². The molecule has 0 saturated heterocycles. The van der Waals surface area contributed by atoms with Gasteiger partial charge in [0.15, 0.2) is 0 Å². The van der Waals surface area contributed by atoms with Crippen LogP contribution < -0.4 is 9.47 Å². The number of hydrogen-bond donors (Lipinski definition) is 0. The van der Waals surface area contributed by atoms with E-state index in [0.29, 0.717) is 6.61 Å². The van der Waals surface area contributed by atoms with Gasteiger partial charge in [0.25, 0.3) is 0 Å². The second-order valence-corrected chi connectivity index (χ2v) is 11.6. The molecule has 0 atom stereocenters. The molecule has 0 N–H and O–H groups in total. The summed E-state index contributed by atoms with van der Waals surface area (Å²) in [6.07, 6.45) is 4.88. The molecule has 0 heterocycles. The van der Waals surface area contributed by atoms with Gasteiger partial charge in [0.2, 0.25) is 0 Å². The van der Waals surface area contributed by atoms with E-state index in [-0.39, 0.29) is 0 Å². The SMILES string of the molecule is CCCCN(CCCC)Cc1ccc(COC(c2ccccc2)(c2ccc(OC)cc2)c2ccc(OC)cc2)cc1Br. The molecule has 0 unspecified atom stereocenters. The van der Waals surface area contributed by atoms with E-state index in [9.17, 15) is 0 Å². The lowest BCUT2D eigenvalue weighted by atomic mass is 9.80. The molecule has 222 valence electrons. The zero-order chi connectivity index (χ0) is 29.8. The number of benzene rings is 4. The summed E-state index contributed by atoms with van der Waals surface area (Å²) in [6.45, 7) is 8.18. The average molecular weight is 631 g/mol. The molecule has 0 spiro atoms. The smallest absolute Gasteiger partial charge is 0.144 e. The van der Waals surface area contributed by atoms with Crippen LogP contribution in [0.5, 0.6) is 11.5 Å². The predicted molar refractivity (Wildman–Crippen MR) is 176 cm³/mol. The van der Waals surface area contributed by atoms with E-state index < -0.39 is 5.60 Å². The predicted octanol–water partition coefficient (Wildman–Crippen LogP) is 9.38. The highest BCUT2D eigenvalue weighted by atomic mass is 79.9. The minimum atomic E-state index is -0.845. The fraction of sp³-hybridized carbons (Fsp3) is 0.351. The van der Waals surface area contributed by atoms with Gasteiger partial charge in [-0.2, -0.15) is 0 Å². The van der Waals surface area contributed by atoms with Gasteiger partial charge in [-0.25, -0.2) is 0 Å². The molecule has 0 aliphatic carbocycles. The first-order chi connectivity index (χ1) is 20.5. The van der Waals surface area contributed by atoms with Gasteiger partial charge in [0, 0.05) is 11.0 Å². The number of methoxy groups -OCH3 is 2. The van der Waals surface area contributed by atoms with E-state index in [4.69, 9.17) is 14.2 Å². The minimum absolute atomic E-state index is 0.432. The molecule has 4 rings (SSSR count). The van der Waals surface area contributed by atoms with Crippen molar-refractivity contribution in [2.75, 3.05) is 27.3 Å². The molecule has 0 aliphatic heterocycles. The van der Waals surface area contributed by atoms with Crippen molar-refractivity contribution in [3.8, 4) is 11.5 Å². The topological polar surface area (TPSA) is 30.9 Å². The number of ether oxygens (including phenoxy) is 3. The van der Waals surface area contributed by atoms with Gasteiger partial charge in [-0.15, -0.1) is 0 Å². The molecule has 0 bridgehead atoms. The lowest BCUT2D eigenvalue weighted by Gasteiger charge is -2.36. The monoisotopic (exact) mass is 629 g/mol. The van der Waals surface area contributed by atoms with Crippen molar-refractivity contribution < 1.29 is 14.2 Å². The summed E-state index contributed by atoms with van der Waals surface area (Å²) in [7, 11) is 3.38. The molecule has 0 fully saturated rings. The van der Waals surface area contributed by atoms with Crippen LogP contribution in [0.25, 0.3) is 0 Å². The van der Waals surface area contributed by atoms with Crippen molar-refractivity contribution >= 4 is 15.9 Å². The van der Waals surface area contributed by atoms with Gasteiger partial charge in [-0.05, 0) is 84.1 Å². The fourth-order valence-corrected chi connectivity index (χ4v) is 5.90. The van der Waals surface area contributed by atoms with Crippen molar-refractivity contribution in [1.29, 1.82) is 0 Å². The number of hydrogen-bond acceptors (Lipinski definition) is 4. The van der Waals surface area contributed by atoms with Crippen molar-refractivity contribution in [1.82, 2.24) is 4.90 Å². The Labute approximate surface area is 260 Å². The third-order valence-corrected chi connectivity index (χ3v) is 8.53. The van der Waals surface area contributed by atoms with Gasteiger partial charge < -0.3 is 14.2 Å². The highest BCUT2D eigenvalue weighted by molar-refractivity contribution is 9.10. The van der Waals surface area contributed by atoms with Gasteiger partial charge in [-0.3, -0.25) is 4.90 Å². The Hall–Kier alpha value is -3.12. The van der Waals surface area contributed by atoms with Crippen molar-refractivity contribution in [3.63, 3.8) is 0 Å². The number of nitrogens with zero attached hydrogens (tertiary/aromatic N) is 1. The summed E-state index contributed by atoms with van der Waals surface area (Å²) < 4.78 is 19.2. The second kappa shape index (κ2) is 15.9. The van der Waals surface area contributed by atoms with E-state index in [2.05, 4.69) is 101 Å². The quantitative estimate of drug-likeness (QED) is 0.116. The third-order valence-electron chi connectivity index (χ3n) is 7.80. The van der Waals surface area contributed by atoms with E-state index in [1.807, 2.05) is 30.3 Å². The Morgan fingerprint density at radius 3 is 1.67 bits per heavy atom. The molecule has 0 saturated carbocycles. The Morgan fingerprint density at radius 2 is 1.19 bits per heavy atom. The van der Waals surface area contributed by atoms with Crippen molar-refractivity contribution in [3.05, 3.63) is 129 Å². The molecule has 4 nitrogen and oxygen atoms in total. The molecule has 4 aromatic carbocycles. The third kappa shape index (κ3) is 7.83. The first-order valence-corrected chi connectivity index (χ1v) is 15.8. The van der Waals surface area contributed by atoms with Crippen LogP contribution in [0, 0.1) is 0 Å². The van der Waals surface area contributed by atoms with Crippen LogP contribution in [0.15, 0.2) is 102 Å². The minimum Gasteiger partial charge on any atom is -0.497 e. The second-order valence-electron chi connectivity index (χ2n) is 10.7. The first kappa shape index (κ1) is 31.8. The zero-order valence-electron chi connectivity index (χ0n) is 25.4. The summed E-state index contributed by atoms with van der Waals surface area (Å²) >= 11 is 3.89. The average Bonchev–Trinajstić information content (AvgIpc) is 3.04. The Kier molecular flexibility index (Phi) is 12.1. The van der Waals surface area contributed by atoms with Crippen LogP contribution in [-0.2, 0) is 23.5 Å². The summed E-state index contributed by atoms with van der Waals surface area (Å²) in [5, 5.41) is 0. The van der Waals surface area contributed by atoms with E-state index in [1.165, 1.54) is 31.2 Å². The zero-order valence-corrected chi connectivity index (χ0v) is 27.0. The molecule has 0 aliphatic rings. The van der Waals surface area contributed by atoms with Gasteiger partial charge in [0.1, 0.15) is 17.1 Å². The maximum absolute atomic E-state index is 7.09. The normalized spacial score (nSPS) is 11.6. The molecule has 4 aromatic rings. The Bertz CT molecular complexity index is 1300. The summed E-state index contributed by atoms with van der Waals surface area (Å²) in [6, 6.07) is 33.5. The van der Waals surface area contributed by atoms with Gasteiger partial charge in [0.05, 0.1) is 20.8 Å². The lowest BCUT2D eigenvalue weighted by molar-refractivity contribution is 0.000163. The molecular formula is C37H44BrNO3. The Balaban J connectivity index is 1.69. The molecule has 5 heteroatoms. The van der Waals surface area contributed by atoms with Crippen LogP contribution in [0.4, 0.5) is 0 Å². The standard InChI is InChI=1S/C37H44BrNO3/c1-5-7-24-39(25-8-6-2)27-30-15-14-29(26-36(30)38)28-42-37(31-12-10-9-11-13-31,32-16-20-34(40-3)21-17-32)33-18-22-35(41-4)23-19-33/h9-23,26H,5-8,24-25,27-28H2,1-4H3. The van der Waals surface area contributed by atoms with Gasteiger partial charge in [-0.1, -0.05) is 109 Å². The van der Waals surface area contributed by atoms with Crippen LogP contribution in [0.3, 0.4) is 0 Å². The maximum atomic E-state index is 7.09. The summed E-state index contributed by atoms with van der Waals surface area (Å²) in [5.41, 5.74) is 4.68. The maximum Gasteiger partial charge on any atom is 0.144 e. The number of unbranched alkanes of at least 4 members (excludes halogenated alkanes) is 2. The number of rotatable bonds is 16. The van der Waals surface area contributed by atoms with Crippen LogP contribution >= 0.6 is 15.9 Å². The molecule has 42 heavy (non-hydrogen) atoms. The Morgan fingerprint density at radius 1 is 0.667 bits per heavy atom. The van der Waals surface area contributed by atoms with Crippen LogP contribution in [-0.4, -0.2) is 32.2 Å². The highest BCUT2D eigenvalue weighted by Gasteiger charge is 2.38.